The molecule has 0 unspecified atom stereocenters. The first kappa shape index (κ1) is 11.0. The second kappa shape index (κ2) is 5.64. The Morgan fingerprint density at radius 3 is 2.40 bits per heavy atom. The molecular weight excluding hydrogens is 190 g/mol. The highest BCUT2D eigenvalue weighted by atomic mass is 15.1. The lowest BCUT2D eigenvalue weighted by Crippen LogP contribution is -1.92. The largest absolute Gasteiger partial charge is 0.396 e. The maximum Gasteiger partial charge on any atom is 0.115 e. The van der Waals surface area contributed by atoms with Crippen LogP contribution in [0.2, 0.25) is 0 Å². The standard InChI is InChI=1S/C5H7N3.C5H6N2/c1-4-5(6)2-7-3-8-4;1-5-3-2-4-6-7-5/h2-3H,6H2,1H3;2-4H,1H3. The molecule has 2 rings (SSSR count). The second-order valence-corrected chi connectivity index (χ2v) is 2.93. The van der Waals surface area contributed by atoms with Gasteiger partial charge in [0.1, 0.15) is 6.33 Å². The van der Waals surface area contributed by atoms with Gasteiger partial charge in [0.25, 0.3) is 0 Å². The first-order valence-corrected chi connectivity index (χ1v) is 4.46. The molecule has 2 aromatic heterocycles. The Morgan fingerprint density at radius 2 is 2.07 bits per heavy atom. The first-order chi connectivity index (χ1) is 7.20. The van der Waals surface area contributed by atoms with Gasteiger partial charge < -0.3 is 5.73 Å². The van der Waals surface area contributed by atoms with Crippen molar-refractivity contribution in [3.05, 3.63) is 42.2 Å². The Morgan fingerprint density at radius 1 is 1.27 bits per heavy atom. The van der Waals surface area contributed by atoms with Crippen molar-refractivity contribution in [3.8, 4) is 0 Å². The van der Waals surface area contributed by atoms with Crippen LogP contribution in [0.4, 0.5) is 5.69 Å². The quantitative estimate of drug-likeness (QED) is 0.695. The first-order valence-electron chi connectivity index (χ1n) is 4.46. The zero-order chi connectivity index (χ0) is 11.1. The fourth-order valence-corrected chi connectivity index (χ4v) is 0.780. The van der Waals surface area contributed by atoms with Gasteiger partial charge in [-0.2, -0.15) is 10.2 Å². The van der Waals surface area contributed by atoms with E-state index in [1.54, 1.807) is 12.4 Å². The van der Waals surface area contributed by atoms with Gasteiger partial charge in [-0.1, -0.05) is 0 Å². The van der Waals surface area contributed by atoms with Gasteiger partial charge in [0.05, 0.1) is 23.3 Å². The molecule has 5 nitrogen and oxygen atoms in total. The molecule has 2 heterocycles. The van der Waals surface area contributed by atoms with E-state index >= 15 is 0 Å². The van der Waals surface area contributed by atoms with Gasteiger partial charge in [-0.3, -0.25) is 0 Å². The van der Waals surface area contributed by atoms with Crippen LogP contribution in [0.3, 0.4) is 0 Å². The van der Waals surface area contributed by atoms with Crippen molar-refractivity contribution in [1.29, 1.82) is 0 Å². The maximum atomic E-state index is 5.39. The van der Waals surface area contributed by atoms with Crippen molar-refractivity contribution in [2.45, 2.75) is 13.8 Å². The van der Waals surface area contributed by atoms with Crippen molar-refractivity contribution < 1.29 is 0 Å². The SMILES string of the molecule is Cc1cccnn1.Cc1ncncc1N. The minimum Gasteiger partial charge on any atom is -0.396 e. The molecule has 0 aliphatic heterocycles. The van der Waals surface area contributed by atoms with Crippen LogP contribution >= 0.6 is 0 Å². The van der Waals surface area contributed by atoms with Crippen LogP contribution in [0, 0.1) is 13.8 Å². The Kier molecular flexibility index (Phi) is 4.15. The van der Waals surface area contributed by atoms with Gasteiger partial charge in [-0.05, 0) is 26.0 Å². The number of nitrogens with two attached hydrogens (primary N) is 1. The number of aromatic nitrogens is 4. The van der Waals surface area contributed by atoms with Crippen LogP contribution in [0.1, 0.15) is 11.4 Å². The van der Waals surface area contributed by atoms with E-state index < -0.39 is 0 Å². The summed E-state index contributed by atoms with van der Waals surface area (Å²) in [5.74, 6) is 0. The maximum absolute atomic E-state index is 5.39. The Hall–Kier alpha value is -2.04. The lowest BCUT2D eigenvalue weighted by atomic mass is 10.4. The van der Waals surface area contributed by atoms with Crippen molar-refractivity contribution >= 4 is 5.69 Å². The number of anilines is 1. The van der Waals surface area contributed by atoms with E-state index in [0.29, 0.717) is 5.69 Å². The Bertz CT molecular complexity index is 381. The fourth-order valence-electron chi connectivity index (χ4n) is 0.780. The number of nitrogens with zero attached hydrogens (tertiary/aromatic N) is 4. The summed E-state index contributed by atoms with van der Waals surface area (Å²) in [6, 6.07) is 3.77. The molecule has 0 aliphatic carbocycles. The number of hydrogen-bond donors (Lipinski definition) is 1. The average molecular weight is 203 g/mol. The van der Waals surface area contributed by atoms with Crippen LogP contribution in [0.25, 0.3) is 0 Å². The predicted octanol–water partition coefficient (Wildman–Crippen LogP) is 1.15. The van der Waals surface area contributed by atoms with Crippen LogP contribution in [-0.4, -0.2) is 20.2 Å². The summed E-state index contributed by atoms with van der Waals surface area (Å²) < 4.78 is 0. The number of rotatable bonds is 0. The lowest BCUT2D eigenvalue weighted by molar-refractivity contribution is 0.980. The van der Waals surface area contributed by atoms with Crippen LogP contribution in [-0.2, 0) is 0 Å². The third kappa shape index (κ3) is 4.12. The highest BCUT2D eigenvalue weighted by molar-refractivity contribution is 5.37. The Balaban J connectivity index is 0.000000151. The summed E-state index contributed by atoms with van der Waals surface area (Å²) in [6.07, 6.45) is 4.72. The Labute approximate surface area is 88.4 Å². The molecule has 0 amide bonds. The van der Waals surface area contributed by atoms with E-state index in [1.807, 2.05) is 26.0 Å². The van der Waals surface area contributed by atoms with Gasteiger partial charge in [0.2, 0.25) is 0 Å². The minimum absolute atomic E-state index is 0.646. The van der Waals surface area contributed by atoms with Gasteiger partial charge in [0.15, 0.2) is 0 Å². The monoisotopic (exact) mass is 203 g/mol. The summed E-state index contributed by atoms with van der Waals surface area (Å²) >= 11 is 0. The summed E-state index contributed by atoms with van der Waals surface area (Å²) in [5.41, 5.74) is 7.83. The molecule has 0 saturated carbocycles. The smallest absolute Gasteiger partial charge is 0.115 e. The molecule has 5 heteroatoms. The molecule has 0 aliphatic rings. The zero-order valence-corrected chi connectivity index (χ0v) is 8.75. The van der Waals surface area contributed by atoms with E-state index in [4.69, 9.17) is 5.73 Å². The molecule has 0 fully saturated rings. The number of nitrogen functional groups attached to an aromatic ring is 1. The molecule has 0 spiro atoms. The minimum atomic E-state index is 0.646. The van der Waals surface area contributed by atoms with Gasteiger partial charge >= 0.3 is 0 Å². The van der Waals surface area contributed by atoms with E-state index in [1.165, 1.54) is 6.33 Å². The van der Waals surface area contributed by atoms with E-state index in [0.717, 1.165) is 11.4 Å². The lowest BCUT2D eigenvalue weighted by Gasteiger charge is -1.91. The van der Waals surface area contributed by atoms with E-state index in [-0.39, 0.29) is 0 Å². The van der Waals surface area contributed by atoms with Crippen molar-refractivity contribution in [2.24, 2.45) is 0 Å². The topological polar surface area (TPSA) is 77.6 Å². The molecular formula is C10H13N5. The van der Waals surface area contributed by atoms with Crippen LogP contribution in [0.15, 0.2) is 30.9 Å². The molecule has 0 radical (unpaired) electrons. The average Bonchev–Trinajstić information content (AvgIpc) is 2.25. The molecule has 0 bridgehead atoms. The summed E-state index contributed by atoms with van der Waals surface area (Å²) in [5, 5.41) is 7.36. The summed E-state index contributed by atoms with van der Waals surface area (Å²) in [6.45, 7) is 3.75. The fraction of sp³-hybridized carbons (Fsp3) is 0.200. The predicted molar refractivity (Wildman–Crippen MR) is 58.0 cm³/mol. The van der Waals surface area contributed by atoms with E-state index in [2.05, 4.69) is 20.2 Å². The van der Waals surface area contributed by atoms with Crippen LogP contribution in [0.5, 0.6) is 0 Å². The molecule has 2 N–H and O–H groups in total. The summed E-state index contributed by atoms with van der Waals surface area (Å²) in [4.78, 5) is 7.55. The normalized spacial score (nSPS) is 8.93. The third-order valence-electron chi connectivity index (χ3n) is 1.66. The van der Waals surface area contributed by atoms with Gasteiger partial charge in [-0.15, -0.1) is 0 Å². The number of hydrogen-bond acceptors (Lipinski definition) is 5. The second-order valence-electron chi connectivity index (χ2n) is 2.93. The van der Waals surface area contributed by atoms with Crippen LogP contribution < -0.4 is 5.73 Å². The third-order valence-corrected chi connectivity index (χ3v) is 1.66. The molecule has 15 heavy (non-hydrogen) atoms. The molecule has 2 aromatic rings. The van der Waals surface area contributed by atoms with E-state index in [9.17, 15) is 0 Å². The van der Waals surface area contributed by atoms with Gasteiger partial charge in [-0.25, -0.2) is 9.97 Å². The van der Waals surface area contributed by atoms with Gasteiger partial charge in [0, 0.05) is 6.20 Å². The van der Waals surface area contributed by atoms with Crippen molar-refractivity contribution in [2.75, 3.05) is 5.73 Å². The highest BCUT2D eigenvalue weighted by Crippen LogP contribution is 1.99. The number of aryl methyl sites for hydroxylation is 2. The van der Waals surface area contributed by atoms with Crippen molar-refractivity contribution in [1.82, 2.24) is 20.2 Å². The molecule has 0 atom stereocenters. The highest BCUT2D eigenvalue weighted by Gasteiger charge is 1.87. The molecule has 0 aromatic carbocycles. The summed E-state index contributed by atoms with van der Waals surface area (Å²) in [7, 11) is 0. The molecule has 78 valence electrons. The zero-order valence-electron chi connectivity index (χ0n) is 8.75. The molecule has 0 saturated heterocycles. The van der Waals surface area contributed by atoms with Crippen molar-refractivity contribution in [3.63, 3.8) is 0 Å².